The van der Waals surface area contributed by atoms with Crippen molar-refractivity contribution in [2.45, 2.75) is 33.1 Å². The van der Waals surface area contributed by atoms with Gasteiger partial charge in [-0.15, -0.1) is 0 Å². The van der Waals surface area contributed by atoms with Crippen molar-refractivity contribution >= 4 is 19.7 Å². The maximum Gasteiger partial charge on any atom is 0.199 e. The number of sulfone groups is 2. The summed E-state index contributed by atoms with van der Waals surface area (Å²) in [5.74, 6) is 0. The Balaban J connectivity index is 2.29. The van der Waals surface area contributed by atoms with Gasteiger partial charge in [-0.05, 0) is 42.7 Å². The van der Waals surface area contributed by atoms with Gasteiger partial charge in [-0.25, -0.2) is 16.8 Å². The maximum atomic E-state index is 13.5. The molecule has 6 heteroatoms. The standard InChI is InChI=1S/C20H20O4S2/c1-16-13-14-20(15-17(16)2,25(21,22)18-9-5-3-6-10-18)26(23,24)19-11-7-4-8-12-19/h3-12H,1-2,13-15H2. The molecular formula is C20H20O4S2. The molecule has 0 aliphatic heterocycles. The van der Waals surface area contributed by atoms with Gasteiger partial charge in [0.2, 0.25) is 0 Å². The highest BCUT2D eigenvalue weighted by Gasteiger charge is 2.57. The van der Waals surface area contributed by atoms with Gasteiger partial charge in [0, 0.05) is 6.42 Å². The lowest BCUT2D eigenvalue weighted by atomic mass is 9.91. The largest absolute Gasteiger partial charge is 0.222 e. The van der Waals surface area contributed by atoms with E-state index >= 15 is 0 Å². The first-order chi connectivity index (χ1) is 12.2. The second-order valence-electron chi connectivity index (χ2n) is 6.43. The predicted octanol–water partition coefficient (Wildman–Crippen LogP) is 3.93. The van der Waals surface area contributed by atoms with Gasteiger partial charge in [-0.1, -0.05) is 55.1 Å². The van der Waals surface area contributed by atoms with E-state index in [1.165, 1.54) is 24.3 Å². The first-order valence-corrected chi connectivity index (χ1v) is 11.1. The second kappa shape index (κ2) is 6.52. The first kappa shape index (κ1) is 18.6. The molecule has 2 aromatic carbocycles. The van der Waals surface area contributed by atoms with Gasteiger partial charge in [0.25, 0.3) is 0 Å². The molecule has 0 spiro atoms. The monoisotopic (exact) mass is 388 g/mol. The highest BCUT2D eigenvalue weighted by Crippen LogP contribution is 2.48. The Bertz CT molecular complexity index is 982. The maximum absolute atomic E-state index is 13.5. The summed E-state index contributed by atoms with van der Waals surface area (Å²) in [6, 6.07) is 15.5. The van der Waals surface area contributed by atoms with Crippen molar-refractivity contribution in [1.29, 1.82) is 0 Å². The van der Waals surface area contributed by atoms with Crippen molar-refractivity contribution in [3.05, 3.63) is 85.0 Å². The molecule has 0 radical (unpaired) electrons. The average Bonchev–Trinajstić information content (AvgIpc) is 2.65. The highest BCUT2D eigenvalue weighted by molar-refractivity contribution is 8.10. The zero-order valence-corrected chi connectivity index (χ0v) is 15.9. The van der Waals surface area contributed by atoms with Crippen LogP contribution in [0.15, 0.2) is 94.8 Å². The van der Waals surface area contributed by atoms with Gasteiger partial charge in [0.1, 0.15) is 0 Å². The van der Waals surface area contributed by atoms with E-state index in [1.54, 1.807) is 36.4 Å². The van der Waals surface area contributed by atoms with Crippen LogP contribution in [0.4, 0.5) is 0 Å². The Hall–Kier alpha value is -2.18. The molecule has 0 heterocycles. The van der Waals surface area contributed by atoms with Crippen LogP contribution in [-0.2, 0) is 19.7 Å². The van der Waals surface area contributed by atoms with E-state index in [1.807, 2.05) is 0 Å². The lowest BCUT2D eigenvalue weighted by Gasteiger charge is -2.37. The van der Waals surface area contributed by atoms with Gasteiger partial charge < -0.3 is 0 Å². The molecule has 26 heavy (non-hydrogen) atoms. The summed E-state index contributed by atoms with van der Waals surface area (Å²) in [6.07, 6.45) is 0.0521. The molecule has 0 aromatic heterocycles. The van der Waals surface area contributed by atoms with Crippen LogP contribution in [0.25, 0.3) is 0 Å². The fraction of sp³-hybridized carbons (Fsp3) is 0.200. The minimum absolute atomic E-state index is 0.000168. The van der Waals surface area contributed by atoms with Gasteiger partial charge in [0.05, 0.1) is 9.79 Å². The summed E-state index contributed by atoms with van der Waals surface area (Å²) in [4.78, 5) is -0.000336. The quantitative estimate of drug-likeness (QED) is 0.796. The van der Waals surface area contributed by atoms with E-state index in [2.05, 4.69) is 13.2 Å². The summed E-state index contributed by atoms with van der Waals surface area (Å²) < 4.78 is 52.1. The number of allylic oxidation sites excluding steroid dienone is 2. The average molecular weight is 389 g/mol. The van der Waals surface area contributed by atoms with E-state index in [9.17, 15) is 16.8 Å². The summed E-state index contributed by atoms with van der Waals surface area (Å²) in [5.41, 5.74) is 1.17. The number of rotatable bonds is 4. The van der Waals surface area contributed by atoms with Crippen LogP contribution in [0.2, 0.25) is 0 Å². The van der Waals surface area contributed by atoms with E-state index in [-0.39, 0.29) is 29.1 Å². The number of benzene rings is 2. The fourth-order valence-electron chi connectivity index (χ4n) is 3.29. The van der Waals surface area contributed by atoms with Crippen LogP contribution in [0, 0.1) is 0 Å². The summed E-state index contributed by atoms with van der Waals surface area (Å²) >= 11 is 0. The van der Waals surface area contributed by atoms with Crippen LogP contribution >= 0.6 is 0 Å². The van der Waals surface area contributed by atoms with Crippen LogP contribution in [-0.4, -0.2) is 20.9 Å². The molecule has 1 fully saturated rings. The van der Waals surface area contributed by atoms with E-state index < -0.39 is 23.8 Å². The van der Waals surface area contributed by atoms with E-state index in [0.29, 0.717) is 11.1 Å². The molecule has 4 nitrogen and oxygen atoms in total. The minimum atomic E-state index is -4.18. The topological polar surface area (TPSA) is 68.3 Å². The van der Waals surface area contributed by atoms with Crippen molar-refractivity contribution < 1.29 is 16.8 Å². The molecule has 0 N–H and O–H groups in total. The molecule has 0 amide bonds. The Labute approximate surface area is 154 Å². The van der Waals surface area contributed by atoms with Gasteiger partial charge in [-0.2, -0.15) is 0 Å². The van der Waals surface area contributed by atoms with Crippen molar-refractivity contribution in [3.8, 4) is 0 Å². The third-order valence-electron chi connectivity index (χ3n) is 4.88. The van der Waals surface area contributed by atoms with Gasteiger partial charge in [-0.3, -0.25) is 0 Å². The zero-order valence-electron chi connectivity index (χ0n) is 14.3. The zero-order chi connectivity index (χ0) is 19.0. The van der Waals surface area contributed by atoms with Crippen LogP contribution < -0.4 is 0 Å². The lowest BCUT2D eigenvalue weighted by molar-refractivity contribution is 0.508. The number of hydrogen-bond acceptors (Lipinski definition) is 4. The Morgan fingerprint density at radius 3 is 1.50 bits per heavy atom. The van der Waals surface area contributed by atoms with Crippen molar-refractivity contribution in [2.24, 2.45) is 0 Å². The molecule has 1 saturated carbocycles. The van der Waals surface area contributed by atoms with E-state index in [4.69, 9.17) is 0 Å². The lowest BCUT2D eigenvalue weighted by Crippen LogP contribution is -2.48. The smallest absolute Gasteiger partial charge is 0.199 e. The molecule has 0 unspecified atom stereocenters. The molecule has 0 atom stereocenters. The molecule has 1 aliphatic carbocycles. The number of hydrogen-bond donors (Lipinski definition) is 0. The molecule has 2 aromatic rings. The SMILES string of the molecule is C=C1CCC(S(=O)(=O)c2ccccc2)(S(=O)(=O)c2ccccc2)CC1=C. The Kier molecular flexibility index (Phi) is 4.67. The van der Waals surface area contributed by atoms with E-state index in [0.717, 1.165) is 0 Å². The molecule has 3 rings (SSSR count). The highest BCUT2D eigenvalue weighted by atomic mass is 32.3. The van der Waals surface area contributed by atoms with Gasteiger partial charge in [0.15, 0.2) is 23.8 Å². The minimum Gasteiger partial charge on any atom is -0.222 e. The van der Waals surface area contributed by atoms with Crippen molar-refractivity contribution in [3.63, 3.8) is 0 Å². The molecule has 0 bridgehead atoms. The molecule has 1 aliphatic rings. The Morgan fingerprint density at radius 1 is 0.692 bits per heavy atom. The first-order valence-electron chi connectivity index (χ1n) is 8.18. The van der Waals surface area contributed by atoms with Crippen LogP contribution in [0.1, 0.15) is 19.3 Å². The molecule has 136 valence electrons. The van der Waals surface area contributed by atoms with Crippen molar-refractivity contribution in [2.75, 3.05) is 0 Å². The van der Waals surface area contributed by atoms with Crippen LogP contribution in [0.5, 0.6) is 0 Å². The van der Waals surface area contributed by atoms with Gasteiger partial charge >= 0.3 is 0 Å². The third-order valence-corrected chi connectivity index (χ3v) is 10.6. The molecule has 0 saturated heterocycles. The fourth-order valence-corrected chi connectivity index (χ4v) is 8.38. The summed E-state index contributed by atoms with van der Waals surface area (Å²) in [6.45, 7) is 7.76. The summed E-state index contributed by atoms with van der Waals surface area (Å²) in [5, 5.41) is 0. The van der Waals surface area contributed by atoms with Crippen LogP contribution in [0.3, 0.4) is 0 Å². The normalized spacial score (nSPS) is 17.8. The van der Waals surface area contributed by atoms with Crippen molar-refractivity contribution in [1.82, 2.24) is 0 Å². The Morgan fingerprint density at radius 2 is 1.12 bits per heavy atom. The second-order valence-corrected chi connectivity index (χ2v) is 11.2. The predicted molar refractivity (Wildman–Crippen MR) is 102 cm³/mol. The summed E-state index contributed by atoms with van der Waals surface area (Å²) in [7, 11) is -8.35. The third kappa shape index (κ3) is 2.73. The molecular weight excluding hydrogens is 368 g/mol.